The number of carbonyl (C=O) groups excluding carboxylic acids is 1. The Balaban J connectivity index is 2.70. The number of esters is 1. The smallest absolute Gasteiger partial charge is 0.311 e. The van der Waals surface area contributed by atoms with Crippen molar-refractivity contribution in [2.24, 2.45) is 5.92 Å². The number of para-hydroxylation sites is 1. The van der Waals surface area contributed by atoms with Gasteiger partial charge < -0.3 is 14.6 Å². The maximum absolute atomic E-state index is 11.7. The summed E-state index contributed by atoms with van der Waals surface area (Å²) in [5.74, 6) is 0.295. The third-order valence-electron chi connectivity index (χ3n) is 3.02. The lowest BCUT2D eigenvalue weighted by Crippen LogP contribution is -2.13. The highest BCUT2D eigenvalue weighted by atomic mass is 16.5. The van der Waals surface area contributed by atoms with Crippen molar-refractivity contribution in [1.29, 1.82) is 0 Å². The number of phenolic OH excluding ortho intramolecular Hbond substituents is 1. The predicted molar refractivity (Wildman–Crippen MR) is 69.0 cm³/mol. The van der Waals surface area contributed by atoms with Gasteiger partial charge >= 0.3 is 5.97 Å². The van der Waals surface area contributed by atoms with Crippen LogP contribution in [0.5, 0.6) is 17.2 Å². The molecule has 0 aliphatic rings. The topological polar surface area (TPSA) is 55.8 Å². The van der Waals surface area contributed by atoms with Crippen LogP contribution in [0.2, 0.25) is 0 Å². The lowest BCUT2D eigenvalue weighted by Gasteiger charge is -2.12. The van der Waals surface area contributed by atoms with E-state index in [4.69, 9.17) is 9.47 Å². The zero-order valence-corrected chi connectivity index (χ0v) is 11.1. The molecule has 4 heteroatoms. The molecule has 0 saturated heterocycles. The molecule has 0 spiro atoms. The maximum Gasteiger partial charge on any atom is 0.311 e. The summed E-state index contributed by atoms with van der Waals surface area (Å²) in [6.45, 7) is 4.09. The molecule has 0 aliphatic heterocycles. The first-order chi connectivity index (χ1) is 8.62. The molecule has 0 aromatic heterocycles. The van der Waals surface area contributed by atoms with Crippen molar-refractivity contribution in [2.75, 3.05) is 7.11 Å². The van der Waals surface area contributed by atoms with Crippen LogP contribution in [0.3, 0.4) is 0 Å². The summed E-state index contributed by atoms with van der Waals surface area (Å²) in [4.78, 5) is 11.7. The lowest BCUT2D eigenvalue weighted by molar-refractivity contribution is -0.135. The van der Waals surface area contributed by atoms with Crippen LogP contribution in [-0.4, -0.2) is 18.2 Å². The van der Waals surface area contributed by atoms with E-state index in [1.54, 1.807) is 18.2 Å². The van der Waals surface area contributed by atoms with Crippen molar-refractivity contribution >= 4 is 5.97 Å². The Kier molecular flexibility index (Phi) is 5.49. The highest BCUT2D eigenvalue weighted by Gasteiger charge is 2.15. The Labute approximate surface area is 108 Å². The Morgan fingerprint density at radius 1 is 1.28 bits per heavy atom. The fourth-order valence-corrected chi connectivity index (χ4v) is 1.73. The molecule has 0 radical (unpaired) electrons. The van der Waals surface area contributed by atoms with E-state index in [2.05, 4.69) is 0 Å². The molecule has 1 rings (SSSR count). The van der Waals surface area contributed by atoms with Gasteiger partial charge in [-0.25, -0.2) is 0 Å². The van der Waals surface area contributed by atoms with Crippen LogP contribution in [0.4, 0.5) is 0 Å². The molecule has 0 amide bonds. The van der Waals surface area contributed by atoms with Crippen molar-refractivity contribution in [3.8, 4) is 17.2 Å². The van der Waals surface area contributed by atoms with Gasteiger partial charge in [0.05, 0.1) is 7.11 Å². The van der Waals surface area contributed by atoms with Gasteiger partial charge in [-0.3, -0.25) is 4.79 Å². The summed E-state index contributed by atoms with van der Waals surface area (Å²) in [6.07, 6.45) is 2.25. The van der Waals surface area contributed by atoms with Gasteiger partial charge in [0, 0.05) is 6.42 Å². The minimum absolute atomic E-state index is 0.141. The molecule has 0 aliphatic carbocycles. The van der Waals surface area contributed by atoms with Crippen molar-refractivity contribution in [3.05, 3.63) is 18.2 Å². The first-order valence-corrected chi connectivity index (χ1v) is 6.18. The van der Waals surface area contributed by atoms with Crippen LogP contribution in [0, 0.1) is 5.92 Å². The molecule has 100 valence electrons. The van der Waals surface area contributed by atoms with E-state index < -0.39 is 0 Å². The first-order valence-electron chi connectivity index (χ1n) is 6.18. The number of ether oxygens (including phenoxy) is 2. The van der Waals surface area contributed by atoms with Gasteiger partial charge in [-0.1, -0.05) is 32.8 Å². The van der Waals surface area contributed by atoms with E-state index in [9.17, 15) is 9.90 Å². The number of phenols is 1. The monoisotopic (exact) mass is 252 g/mol. The average molecular weight is 252 g/mol. The summed E-state index contributed by atoms with van der Waals surface area (Å²) in [7, 11) is 1.45. The lowest BCUT2D eigenvalue weighted by atomic mass is 10.00. The van der Waals surface area contributed by atoms with E-state index >= 15 is 0 Å². The number of methoxy groups -OCH3 is 1. The zero-order chi connectivity index (χ0) is 13.5. The molecule has 4 nitrogen and oxygen atoms in total. The molecule has 0 heterocycles. The Morgan fingerprint density at radius 2 is 1.89 bits per heavy atom. The number of benzene rings is 1. The standard InChI is InChI=1S/C14H20O4/c1-4-10(5-2)9-13(15)18-12-8-6-7-11(17-3)14(12)16/h6-8,10,16H,4-5,9H2,1-3H3. The summed E-state index contributed by atoms with van der Waals surface area (Å²) in [6, 6.07) is 4.81. The third-order valence-corrected chi connectivity index (χ3v) is 3.02. The normalized spacial score (nSPS) is 10.4. The molecule has 0 bridgehead atoms. The highest BCUT2D eigenvalue weighted by Crippen LogP contribution is 2.35. The fraction of sp³-hybridized carbons (Fsp3) is 0.500. The maximum atomic E-state index is 11.7. The Morgan fingerprint density at radius 3 is 2.44 bits per heavy atom. The van der Waals surface area contributed by atoms with Crippen molar-refractivity contribution in [1.82, 2.24) is 0 Å². The SMILES string of the molecule is CCC(CC)CC(=O)Oc1cccc(OC)c1O. The number of carbonyl (C=O) groups is 1. The van der Waals surface area contributed by atoms with Crippen LogP contribution < -0.4 is 9.47 Å². The number of hydrogen-bond acceptors (Lipinski definition) is 4. The Bertz CT molecular complexity index is 397. The molecule has 0 unspecified atom stereocenters. The van der Waals surface area contributed by atoms with E-state index in [-0.39, 0.29) is 17.5 Å². The molecule has 0 saturated carbocycles. The molecule has 0 atom stereocenters. The second-order valence-electron chi connectivity index (χ2n) is 4.17. The van der Waals surface area contributed by atoms with Crippen LogP contribution in [-0.2, 0) is 4.79 Å². The largest absolute Gasteiger partial charge is 0.502 e. The molecule has 0 fully saturated rings. The summed E-state index contributed by atoms with van der Waals surface area (Å²) in [5, 5.41) is 9.78. The van der Waals surface area contributed by atoms with Gasteiger partial charge in [-0.05, 0) is 18.1 Å². The second kappa shape index (κ2) is 6.89. The van der Waals surface area contributed by atoms with Crippen LogP contribution in [0.25, 0.3) is 0 Å². The van der Waals surface area contributed by atoms with Crippen LogP contribution in [0.15, 0.2) is 18.2 Å². The third kappa shape index (κ3) is 3.65. The van der Waals surface area contributed by atoms with E-state index in [0.717, 1.165) is 12.8 Å². The quantitative estimate of drug-likeness (QED) is 0.624. The molecule has 18 heavy (non-hydrogen) atoms. The van der Waals surface area contributed by atoms with E-state index in [1.807, 2.05) is 13.8 Å². The van der Waals surface area contributed by atoms with Gasteiger partial charge in [-0.15, -0.1) is 0 Å². The molecule has 1 aromatic carbocycles. The van der Waals surface area contributed by atoms with Gasteiger partial charge in [0.2, 0.25) is 5.75 Å². The second-order valence-corrected chi connectivity index (χ2v) is 4.17. The number of hydrogen-bond donors (Lipinski definition) is 1. The van der Waals surface area contributed by atoms with E-state index in [1.165, 1.54) is 7.11 Å². The van der Waals surface area contributed by atoms with Crippen molar-refractivity contribution in [3.63, 3.8) is 0 Å². The summed E-state index contributed by atoms with van der Waals surface area (Å²) >= 11 is 0. The predicted octanol–water partition coefficient (Wildman–Crippen LogP) is 3.13. The zero-order valence-electron chi connectivity index (χ0n) is 11.1. The summed E-state index contributed by atoms with van der Waals surface area (Å²) in [5.41, 5.74) is 0. The van der Waals surface area contributed by atoms with Crippen LogP contribution in [0.1, 0.15) is 33.1 Å². The van der Waals surface area contributed by atoms with Crippen LogP contribution >= 0.6 is 0 Å². The highest BCUT2D eigenvalue weighted by molar-refractivity contribution is 5.74. The van der Waals surface area contributed by atoms with Gasteiger partial charge in [0.1, 0.15) is 0 Å². The van der Waals surface area contributed by atoms with Gasteiger partial charge in [0.25, 0.3) is 0 Å². The average Bonchev–Trinajstić information content (AvgIpc) is 2.38. The van der Waals surface area contributed by atoms with Gasteiger partial charge in [-0.2, -0.15) is 0 Å². The minimum Gasteiger partial charge on any atom is -0.502 e. The molecule has 1 N–H and O–H groups in total. The summed E-state index contributed by atoms with van der Waals surface area (Å²) < 4.78 is 10.1. The number of rotatable bonds is 6. The molecular weight excluding hydrogens is 232 g/mol. The molecule has 1 aromatic rings. The van der Waals surface area contributed by atoms with Gasteiger partial charge in [0.15, 0.2) is 11.5 Å². The Hall–Kier alpha value is -1.71. The fourth-order valence-electron chi connectivity index (χ4n) is 1.73. The first kappa shape index (κ1) is 14.4. The molecular formula is C14H20O4. The minimum atomic E-state index is -0.327. The number of aromatic hydroxyl groups is 1. The van der Waals surface area contributed by atoms with Crippen molar-refractivity contribution in [2.45, 2.75) is 33.1 Å². The van der Waals surface area contributed by atoms with Crippen molar-refractivity contribution < 1.29 is 19.4 Å². The van der Waals surface area contributed by atoms with E-state index in [0.29, 0.717) is 18.1 Å².